The summed E-state index contributed by atoms with van der Waals surface area (Å²) in [5.41, 5.74) is 1.89. The first-order valence-electron chi connectivity index (χ1n) is 8.58. The van der Waals surface area contributed by atoms with Gasteiger partial charge < -0.3 is 9.47 Å². The Hall–Kier alpha value is -0.810. The van der Waals surface area contributed by atoms with Crippen LogP contribution in [-0.2, 0) is 11.2 Å². The molecule has 0 unspecified atom stereocenters. The first-order chi connectivity index (χ1) is 12.0. The van der Waals surface area contributed by atoms with Gasteiger partial charge in [0.1, 0.15) is 5.75 Å². The summed E-state index contributed by atoms with van der Waals surface area (Å²) >= 11 is 14.0. The van der Waals surface area contributed by atoms with Gasteiger partial charge in [-0.05, 0) is 30.5 Å². The molecular formula is C19H27Cl2NO2S. The molecule has 0 radical (unpaired) electrons. The highest BCUT2D eigenvalue weighted by atomic mass is 35.5. The van der Waals surface area contributed by atoms with Gasteiger partial charge in [-0.15, -0.1) is 11.3 Å². The van der Waals surface area contributed by atoms with Crippen molar-refractivity contribution in [3.8, 4) is 17.0 Å². The highest BCUT2D eigenvalue weighted by Gasteiger charge is 2.15. The highest BCUT2D eigenvalue weighted by molar-refractivity contribution is 7.16. The lowest BCUT2D eigenvalue weighted by Crippen LogP contribution is -2.01. The summed E-state index contributed by atoms with van der Waals surface area (Å²) in [5, 5.41) is 0.583. The van der Waals surface area contributed by atoms with Gasteiger partial charge in [0, 0.05) is 30.6 Å². The highest BCUT2D eigenvalue weighted by Crippen LogP contribution is 2.36. The molecule has 3 nitrogen and oxygen atoms in total. The van der Waals surface area contributed by atoms with Crippen molar-refractivity contribution < 1.29 is 9.47 Å². The molecule has 0 atom stereocenters. The number of thiazole rings is 1. The summed E-state index contributed by atoms with van der Waals surface area (Å²) < 4.78 is 11.2. The van der Waals surface area contributed by atoms with E-state index in [1.807, 2.05) is 32.0 Å². The lowest BCUT2D eigenvalue weighted by molar-refractivity contribution is 0.172. The van der Waals surface area contributed by atoms with Gasteiger partial charge in [-0.3, -0.25) is 0 Å². The van der Waals surface area contributed by atoms with Crippen LogP contribution in [0.3, 0.4) is 0 Å². The number of hydrogen-bond acceptors (Lipinski definition) is 4. The lowest BCUT2D eigenvalue weighted by atomic mass is 10.0. The van der Waals surface area contributed by atoms with Crippen molar-refractivity contribution in [3.63, 3.8) is 0 Å². The molecule has 0 spiro atoms. The Balaban J connectivity index is 0.00000151. The first kappa shape index (κ1) is 22.2. The van der Waals surface area contributed by atoms with Crippen LogP contribution in [0.4, 0.5) is 0 Å². The maximum atomic E-state index is 6.34. The molecule has 1 heterocycles. The van der Waals surface area contributed by atoms with Gasteiger partial charge >= 0.3 is 0 Å². The minimum Gasteiger partial charge on any atom is -0.492 e. The molecule has 1 aromatic heterocycles. The van der Waals surface area contributed by atoms with E-state index in [2.05, 4.69) is 18.8 Å². The molecule has 25 heavy (non-hydrogen) atoms. The number of nitrogens with zero attached hydrogens (tertiary/aromatic N) is 1. The Morgan fingerprint density at radius 3 is 2.48 bits per heavy atom. The summed E-state index contributed by atoms with van der Waals surface area (Å²) in [6.07, 6.45) is 1.78. The standard InChI is InChI=1S/C17H21Cl2NO2S.C2H6/c1-11(2)9-15-16(20-17(19)23-15)12-5-6-14(13(18)10-12)22-8-4-7-21-3;1-2/h5-6,10-11H,4,7-9H2,1-3H3;1-2H3. The lowest BCUT2D eigenvalue weighted by Gasteiger charge is -2.10. The number of aromatic nitrogens is 1. The molecule has 0 saturated heterocycles. The van der Waals surface area contributed by atoms with Crippen LogP contribution in [0.25, 0.3) is 11.3 Å². The fourth-order valence-electron chi connectivity index (χ4n) is 2.21. The summed E-state index contributed by atoms with van der Waals surface area (Å²) in [4.78, 5) is 5.65. The minimum atomic E-state index is 0.545. The Morgan fingerprint density at radius 1 is 1.16 bits per heavy atom. The van der Waals surface area contributed by atoms with Crippen molar-refractivity contribution in [1.82, 2.24) is 4.98 Å². The second-order valence-electron chi connectivity index (χ2n) is 5.68. The molecule has 0 amide bonds. The molecule has 0 bridgehead atoms. The molecule has 6 heteroatoms. The van der Waals surface area contributed by atoms with Gasteiger partial charge in [0.2, 0.25) is 0 Å². The number of hydrogen-bond donors (Lipinski definition) is 0. The zero-order chi connectivity index (χ0) is 18.8. The summed E-state index contributed by atoms with van der Waals surface area (Å²) in [7, 11) is 1.68. The van der Waals surface area contributed by atoms with Crippen molar-refractivity contribution in [2.45, 2.75) is 40.5 Å². The maximum absolute atomic E-state index is 6.34. The average molecular weight is 404 g/mol. The van der Waals surface area contributed by atoms with E-state index < -0.39 is 0 Å². The van der Waals surface area contributed by atoms with Gasteiger partial charge in [0.05, 0.1) is 17.3 Å². The Kier molecular flexibility index (Phi) is 10.4. The van der Waals surface area contributed by atoms with E-state index in [9.17, 15) is 0 Å². The fraction of sp³-hybridized carbons (Fsp3) is 0.526. The number of ether oxygens (including phenoxy) is 2. The van der Waals surface area contributed by atoms with E-state index in [4.69, 9.17) is 32.7 Å². The van der Waals surface area contributed by atoms with Crippen molar-refractivity contribution in [3.05, 3.63) is 32.6 Å². The molecule has 2 rings (SSSR count). The molecule has 0 fully saturated rings. The van der Waals surface area contributed by atoms with Crippen molar-refractivity contribution >= 4 is 34.5 Å². The smallest absolute Gasteiger partial charge is 0.184 e. The Labute approximate surface area is 165 Å². The number of methoxy groups -OCH3 is 1. The Morgan fingerprint density at radius 2 is 1.88 bits per heavy atom. The fourth-order valence-corrected chi connectivity index (χ4v) is 3.82. The van der Waals surface area contributed by atoms with E-state index in [1.165, 1.54) is 16.2 Å². The predicted octanol–water partition coefficient (Wildman–Crippen LogP) is 6.76. The first-order valence-corrected chi connectivity index (χ1v) is 10.2. The van der Waals surface area contributed by atoms with Gasteiger partial charge in [-0.2, -0.15) is 0 Å². The summed E-state index contributed by atoms with van der Waals surface area (Å²) in [5.74, 6) is 1.22. The Bertz CT molecular complexity index is 644. The van der Waals surface area contributed by atoms with Crippen LogP contribution in [0.1, 0.15) is 39.0 Å². The number of rotatable bonds is 8. The SMILES string of the molecule is CC.COCCCOc1ccc(-c2nc(Cl)sc2CC(C)C)cc1Cl. The normalized spacial score (nSPS) is 10.6. The van der Waals surface area contributed by atoms with Crippen LogP contribution < -0.4 is 4.74 Å². The molecule has 2 aromatic rings. The minimum absolute atomic E-state index is 0.545. The van der Waals surface area contributed by atoms with E-state index in [-0.39, 0.29) is 0 Å². The van der Waals surface area contributed by atoms with Gasteiger partial charge in [0.25, 0.3) is 0 Å². The van der Waals surface area contributed by atoms with Crippen LogP contribution >= 0.6 is 34.5 Å². The van der Waals surface area contributed by atoms with Crippen LogP contribution in [0.5, 0.6) is 5.75 Å². The van der Waals surface area contributed by atoms with Crippen LogP contribution in [0.15, 0.2) is 18.2 Å². The zero-order valence-corrected chi connectivity index (χ0v) is 17.9. The third kappa shape index (κ3) is 7.14. The van der Waals surface area contributed by atoms with Gasteiger partial charge in [-0.1, -0.05) is 50.9 Å². The molecule has 140 valence electrons. The van der Waals surface area contributed by atoms with Crippen molar-refractivity contribution in [2.24, 2.45) is 5.92 Å². The van der Waals surface area contributed by atoms with Crippen LogP contribution in [0.2, 0.25) is 9.49 Å². The average Bonchev–Trinajstić information content (AvgIpc) is 2.94. The molecule has 0 aliphatic rings. The van der Waals surface area contributed by atoms with E-state index in [0.717, 1.165) is 24.1 Å². The molecule has 0 saturated carbocycles. The summed E-state index contributed by atoms with van der Waals surface area (Å²) in [6.45, 7) is 9.61. The van der Waals surface area contributed by atoms with Crippen LogP contribution in [0, 0.1) is 5.92 Å². The largest absolute Gasteiger partial charge is 0.492 e. The quantitative estimate of drug-likeness (QED) is 0.456. The monoisotopic (exact) mass is 403 g/mol. The third-order valence-electron chi connectivity index (χ3n) is 3.22. The maximum Gasteiger partial charge on any atom is 0.184 e. The molecule has 0 aliphatic carbocycles. The van der Waals surface area contributed by atoms with E-state index in [0.29, 0.717) is 34.4 Å². The van der Waals surface area contributed by atoms with E-state index >= 15 is 0 Å². The van der Waals surface area contributed by atoms with E-state index in [1.54, 1.807) is 7.11 Å². The molecular weight excluding hydrogens is 377 g/mol. The number of halogens is 2. The molecule has 0 N–H and O–H groups in total. The van der Waals surface area contributed by atoms with Crippen molar-refractivity contribution in [1.29, 1.82) is 0 Å². The van der Waals surface area contributed by atoms with Gasteiger partial charge in [-0.25, -0.2) is 4.98 Å². The van der Waals surface area contributed by atoms with Gasteiger partial charge in [0.15, 0.2) is 4.47 Å². The molecule has 1 aromatic carbocycles. The molecule has 0 aliphatic heterocycles. The third-order valence-corrected chi connectivity index (χ3v) is 4.70. The number of benzene rings is 1. The van der Waals surface area contributed by atoms with Crippen molar-refractivity contribution in [2.75, 3.05) is 20.3 Å². The van der Waals surface area contributed by atoms with Crippen LogP contribution in [-0.4, -0.2) is 25.3 Å². The topological polar surface area (TPSA) is 31.4 Å². The predicted molar refractivity (Wildman–Crippen MR) is 109 cm³/mol. The summed E-state index contributed by atoms with van der Waals surface area (Å²) in [6, 6.07) is 5.76. The zero-order valence-electron chi connectivity index (χ0n) is 15.6. The second-order valence-corrected chi connectivity index (χ2v) is 7.75. The second kappa shape index (κ2) is 11.7.